The van der Waals surface area contributed by atoms with Gasteiger partial charge >= 0.3 is 0 Å². The van der Waals surface area contributed by atoms with Gasteiger partial charge in [0.1, 0.15) is 0 Å². The first-order valence-corrected chi connectivity index (χ1v) is 12.8. The molecule has 31 heavy (non-hydrogen) atoms. The number of aromatic nitrogens is 3. The van der Waals surface area contributed by atoms with Crippen molar-refractivity contribution in [2.24, 2.45) is 0 Å². The Bertz CT molecular complexity index is 1240. The first-order valence-electron chi connectivity index (χ1n) is 8.80. The third-order valence-corrected chi connectivity index (χ3v) is 8.19. The number of benzene rings is 2. The van der Waals surface area contributed by atoms with Crippen molar-refractivity contribution in [3.8, 4) is 0 Å². The molecule has 0 fully saturated rings. The number of hydrogen-bond donors (Lipinski definition) is 2. The van der Waals surface area contributed by atoms with Crippen LogP contribution in [0.5, 0.6) is 0 Å². The minimum atomic E-state index is -0.147. The summed E-state index contributed by atoms with van der Waals surface area (Å²) in [7, 11) is 0. The number of fused-ring (bicyclic) bond motifs is 1. The smallest absolute Gasteiger partial charge is 0.234 e. The number of nitrogens with zero attached hydrogens (tertiary/aromatic N) is 3. The van der Waals surface area contributed by atoms with Gasteiger partial charge in [-0.3, -0.25) is 9.59 Å². The number of thioether (sulfide) groups is 2. The van der Waals surface area contributed by atoms with Crippen molar-refractivity contribution in [2.75, 3.05) is 22.6 Å². The van der Waals surface area contributed by atoms with E-state index in [9.17, 15) is 9.59 Å². The number of carbonyl (C=O) groups is 2. The van der Waals surface area contributed by atoms with Crippen molar-refractivity contribution in [2.45, 2.75) is 8.68 Å². The number of carbonyl (C=O) groups excluding carboxylic acids is 2. The predicted molar refractivity (Wildman–Crippen MR) is 130 cm³/mol. The first kappa shape index (κ1) is 22.0. The van der Waals surface area contributed by atoms with Crippen LogP contribution in [0.2, 0.25) is 5.02 Å². The number of anilines is 2. The molecule has 158 valence electrons. The molecule has 0 atom stereocenters. The van der Waals surface area contributed by atoms with Crippen molar-refractivity contribution in [3.63, 3.8) is 0 Å². The molecule has 4 aromatic rings. The number of hydrogen-bond acceptors (Lipinski definition) is 10. The van der Waals surface area contributed by atoms with Crippen LogP contribution >= 0.6 is 57.8 Å². The van der Waals surface area contributed by atoms with E-state index in [1.165, 1.54) is 46.2 Å². The van der Waals surface area contributed by atoms with Crippen LogP contribution in [0.1, 0.15) is 10.4 Å². The van der Waals surface area contributed by atoms with Gasteiger partial charge in [0.05, 0.1) is 21.7 Å². The number of rotatable bonds is 8. The lowest BCUT2D eigenvalue weighted by molar-refractivity contribution is -0.113. The van der Waals surface area contributed by atoms with Crippen LogP contribution in [0, 0.1) is 0 Å². The van der Waals surface area contributed by atoms with Gasteiger partial charge in [0.15, 0.2) is 14.5 Å². The zero-order valence-corrected chi connectivity index (χ0v) is 19.7. The number of amides is 1. The number of nitrogen functional groups attached to an aromatic ring is 1. The summed E-state index contributed by atoms with van der Waals surface area (Å²) in [5, 5.41) is 11.4. The van der Waals surface area contributed by atoms with Crippen LogP contribution < -0.4 is 11.1 Å². The molecule has 7 nitrogen and oxygen atoms in total. The quantitative estimate of drug-likeness (QED) is 0.250. The van der Waals surface area contributed by atoms with E-state index < -0.39 is 0 Å². The maximum atomic E-state index is 12.3. The minimum absolute atomic E-state index is 0.0172. The number of nitrogens with one attached hydrogen (secondary N) is 1. The lowest BCUT2D eigenvalue weighted by atomic mass is 10.1. The van der Waals surface area contributed by atoms with Crippen LogP contribution in [0.4, 0.5) is 10.8 Å². The summed E-state index contributed by atoms with van der Waals surface area (Å²) in [5.74, 6) is 0.371. The van der Waals surface area contributed by atoms with Gasteiger partial charge in [0.2, 0.25) is 11.0 Å². The number of ketones is 1. The zero-order valence-electron chi connectivity index (χ0n) is 15.7. The number of Topliss-reactive ketones (excluding diaryl/α,β-unsaturated/α-hetero) is 1. The molecule has 0 bridgehead atoms. The van der Waals surface area contributed by atoms with Crippen molar-refractivity contribution in [3.05, 3.63) is 53.1 Å². The Hall–Kier alpha value is -2.18. The third-order valence-electron chi connectivity index (χ3n) is 3.89. The van der Waals surface area contributed by atoms with Gasteiger partial charge in [0, 0.05) is 16.3 Å². The van der Waals surface area contributed by atoms with Gasteiger partial charge in [-0.2, -0.15) is 0 Å². The highest BCUT2D eigenvalue weighted by molar-refractivity contribution is 8.02. The molecule has 12 heteroatoms. The van der Waals surface area contributed by atoms with E-state index >= 15 is 0 Å². The highest BCUT2D eigenvalue weighted by atomic mass is 35.5. The van der Waals surface area contributed by atoms with Crippen molar-refractivity contribution in [1.29, 1.82) is 0 Å². The molecule has 0 aliphatic carbocycles. The fourth-order valence-electron chi connectivity index (χ4n) is 2.49. The largest absolute Gasteiger partial charge is 0.374 e. The minimum Gasteiger partial charge on any atom is -0.374 e. The monoisotopic (exact) mass is 507 g/mol. The van der Waals surface area contributed by atoms with E-state index in [1.54, 1.807) is 30.3 Å². The van der Waals surface area contributed by atoms with Crippen LogP contribution in [-0.4, -0.2) is 38.4 Å². The molecule has 2 aromatic heterocycles. The van der Waals surface area contributed by atoms with Crippen molar-refractivity contribution in [1.82, 2.24) is 15.2 Å². The van der Waals surface area contributed by atoms with Crippen molar-refractivity contribution >= 4 is 90.5 Å². The summed E-state index contributed by atoms with van der Waals surface area (Å²) < 4.78 is 2.38. The fourth-order valence-corrected chi connectivity index (χ4v) is 6.06. The maximum Gasteiger partial charge on any atom is 0.234 e. The number of nitrogens with two attached hydrogens (primary N) is 1. The highest BCUT2D eigenvalue weighted by Gasteiger charge is 2.12. The summed E-state index contributed by atoms with van der Waals surface area (Å²) in [6.07, 6.45) is 0. The molecule has 2 aromatic carbocycles. The standard InChI is InChI=1S/C19H14ClN5O2S4/c20-11-3-1-10(2-4-11)14(26)8-28-18-23-13-6-5-12(7-15(13)30-18)22-16(27)9-29-19-25-24-17(21)31-19/h1-7H,8-9H2,(H2,21,24)(H,22,27). The third kappa shape index (κ3) is 5.95. The van der Waals surface area contributed by atoms with Crippen LogP contribution in [0.3, 0.4) is 0 Å². The average molecular weight is 508 g/mol. The van der Waals surface area contributed by atoms with Gasteiger partial charge in [-0.25, -0.2) is 4.98 Å². The van der Waals surface area contributed by atoms with E-state index in [1.807, 2.05) is 12.1 Å². The Balaban J connectivity index is 1.34. The van der Waals surface area contributed by atoms with Gasteiger partial charge in [0.25, 0.3) is 0 Å². The Morgan fingerprint density at radius 3 is 2.52 bits per heavy atom. The summed E-state index contributed by atoms with van der Waals surface area (Å²) in [6.45, 7) is 0. The van der Waals surface area contributed by atoms with Crippen LogP contribution in [0.25, 0.3) is 10.2 Å². The van der Waals surface area contributed by atoms with E-state index in [4.69, 9.17) is 17.3 Å². The van der Waals surface area contributed by atoms with E-state index in [0.717, 1.165) is 14.6 Å². The summed E-state index contributed by atoms with van der Waals surface area (Å²) >= 11 is 11.3. The molecule has 1 amide bonds. The molecule has 4 rings (SSSR count). The molecular formula is C19H14ClN5O2S4. The molecule has 0 aliphatic rings. The van der Waals surface area contributed by atoms with Gasteiger partial charge in [-0.1, -0.05) is 46.5 Å². The van der Waals surface area contributed by atoms with Crippen LogP contribution in [0.15, 0.2) is 51.1 Å². The molecular weight excluding hydrogens is 494 g/mol. The van der Waals surface area contributed by atoms with Gasteiger partial charge in [-0.05, 0) is 42.5 Å². The molecule has 0 aliphatic heterocycles. The Labute approximate surface area is 198 Å². The topological polar surface area (TPSA) is 111 Å². The molecule has 0 saturated heterocycles. The van der Waals surface area contributed by atoms with E-state index in [2.05, 4.69) is 20.5 Å². The number of thiazole rings is 1. The predicted octanol–water partition coefficient (Wildman–Crippen LogP) is 5.09. The first-order chi connectivity index (χ1) is 15.0. The van der Waals surface area contributed by atoms with Gasteiger partial charge < -0.3 is 11.1 Å². The van der Waals surface area contributed by atoms with E-state index in [-0.39, 0.29) is 17.4 Å². The highest BCUT2D eigenvalue weighted by Crippen LogP contribution is 2.32. The summed E-state index contributed by atoms with van der Waals surface area (Å²) in [5.41, 5.74) is 7.67. The molecule has 0 spiro atoms. The average Bonchev–Trinajstić information content (AvgIpc) is 3.36. The Morgan fingerprint density at radius 2 is 1.77 bits per heavy atom. The Morgan fingerprint density at radius 1 is 1.00 bits per heavy atom. The second-order valence-electron chi connectivity index (χ2n) is 6.12. The molecule has 3 N–H and O–H groups in total. The van der Waals surface area contributed by atoms with Gasteiger partial charge in [-0.15, -0.1) is 21.5 Å². The summed E-state index contributed by atoms with van der Waals surface area (Å²) in [4.78, 5) is 29.1. The Kier molecular flexibility index (Phi) is 7.08. The molecule has 2 heterocycles. The van der Waals surface area contributed by atoms with Crippen LogP contribution in [-0.2, 0) is 4.79 Å². The zero-order chi connectivity index (χ0) is 21.8. The lowest BCUT2D eigenvalue weighted by Crippen LogP contribution is -2.13. The molecule has 0 unspecified atom stereocenters. The normalized spacial score (nSPS) is 11.0. The maximum absolute atomic E-state index is 12.3. The molecule has 0 saturated carbocycles. The van der Waals surface area contributed by atoms with Crippen molar-refractivity contribution < 1.29 is 9.59 Å². The number of halogens is 1. The summed E-state index contributed by atoms with van der Waals surface area (Å²) in [6, 6.07) is 12.4. The fraction of sp³-hybridized carbons (Fsp3) is 0.105. The second kappa shape index (κ2) is 9.96. The molecule has 0 radical (unpaired) electrons. The lowest BCUT2D eigenvalue weighted by Gasteiger charge is -2.03. The van der Waals surface area contributed by atoms with E-state index in [0.29, 0.717) is 31.5 Å². The SMILES string of the molecule is Nc1nnc(SCC(=O)Nc2ccc3nc(SCC(=O)c4ccc(Cl)cc4)sc3c2)s1. The second-order valence-corrected chi connectivity index (χ2v) is 11.0.